The number of benzene rings is 2. The van der Waals surface area contributed by atoms with E-state index < -0.39 is 22.4 Å². The number of carbonyl (C=O) groups is 1. The summed E-state index contributed by atoms with van der Waals surface area (Å²) in [6, 6.07) is 7.47. The van der Waals surface area contributed by atoms with Crippen LogP contribution in [0.5, 0.6) is 5.75 Å². The molecule has 0 saturated carbocycles. The minimum Gasteiger partial charge on any atom is -0.504 e. The Balaban J connectivity index is 2.03. The molecule has 26 heavy (non-hydrogen) atoms. The number of hydrogen-bond donors (Lipinski definition) is 3. The molecule has 0 aromatic heterocycles. The summed E-state index contributed by atoms with van der Waals surface area (Å²) in [6.45, 7) is 0. The predicted molar refractivity (Wildman–Crippen MR) is 99.6 cm³/mol. The van der Waals surface area contributed by atoms with Crippen LogP contribution in [-0.2, 0) is 4.79 Å². The van der Waals surface area contributed by atoms with Crippen molar-refractivity contribution in [2.75, 3.05) is 5.32 Å². The Bertz CT molecular complexity index is 903. The maximum atomic E-state index is 12.8. The SMILES string of the molecule is O=C(/C=C/c1ccc(F)cc1)NC(=S)Nc1cc([N+](=O)[O-])cc(Cl)c1O. The van der Waals surface area contributed by atoms with Gasteiger partial charge in [-0.05, 0) is 36.0 Å². The minimum absolute atomic E-state index is 0.128. The van der Waals surface area contributed by atoms with Crippen LogP contribution in [0.25, 0.3) is 6.08 Å². The van der Waals surface area contributed by atoms with Gasteiger partial charge in [0.2, 0.25) is 5.91 Å². The third kappa shape index (κ3) is 5.23. The van der Waals surface area contributed by atoms with E-state index in [1.807, 2.05) is 0 Å². The van der Waals surface area contributed by atoms with Crippen LogP contribution in [0.1, 0.15) is 5.56 Å². The lowest BCUT2D eigenvalue weighted by Crippen LogP contribution is -2.32. The van der Waals surface area contributed by atoms with E-state index in [9.17, 15) is 24.4 Å². The molecule has 0 aliphatic heterocycles. The Labute approximate surface area is 157 Å². The second-order valence-electron chi connectivity index (χ2n) is 4.91. The van der Waals surface area contributed by atoms with Gasteiger partial charge in [0.05, 0.1) is 15.6 Å². The zero-order valence-corrected chi connectivity index (χ0v) is 14.5. The number of nitrogens with zero attached hydrogens (tertiary/aromatic N) is 1. The standard InChI is InChI=1S/C16H11ClFN3O4S/c17-12-7-11(21(24)25)8-13(15(12)23)19-16(26)20-14(22)6-3-9-1-4-10(18)5-2-9/h1-8,23H,(H2,19,20,22,26)/b6-3+. The largest absolute Gasteiger partial charge is 0.504 e. The van der Waals surface area contributed by atoms with Gasteiger partial charge in [0.25, 0.3) is 5.69 Å². The predicted octanol–water partition coefficient (Wildman–Crippen LogP) is 3.62. The number of non-ortho nitro benzene ring substituents is 1. The number of amides is 1. The lowest BCUT2D eigenvalue weighted by atomic mass is 10.2. The molecule has 0 fully saturated rings. The van der Waals surface area contributed by atoms with Crippen LogP contribution in [0.2, 0.25) is 5.02 Å². The molecule has 0 aliphatic rings. The van der Waals surface area contributed by atoms with Gasteiger partial charge in [-0.15, -0.1) is 0 Å². The number of phenols is 1. The van der Waals surface area contributed by atoms with Gasteiger partial charge in [0.15, 0.2) is 10.9 Å². The fourth-order valence-corrected chi connectivity index (χ4v) is 2.26. The normalized spacial score (nSPS) is 10.5. The third-order valence-corrected chi connectivity index (χ3v) is 3.53. The van der Waals surface area contributed by atoms with Gasteiger partial charge in [-0.3, -0.25) is 20.2 Å². The smallest absolute Gasteiger partial charge is 0.273 e. The highest BCUT2D eigenvalue weighted by Gasteiger charge is 2.16. The van der Waals surface area contributed by atoms with Crippen molar-refractivity contribution >= 4 is 52.3 Å². The first-order valence-electron chi connectivity index (χ1n) is 6.99. The highest BCUT2D eigenvalue weighted by Crippen LogP contribution is 2.35. The highest BCUT2D eigenvalue weighted by atomic mass is 35.5. The lowest BCUT2D eigenvalue weighted by molar-refractivity contribution is -0.384. The third-order valence-electron chi connectivity index (χ3n) is 3.04. The molecular formula is C16H11ClFN3O4S. The van der Waals surface area contributed by atoms with Crippen LogP contribution in [0, 0.1) is 15.9 Å². The van der Waals surface area contributed by atoms with Crippen LogP contribution in [0.3, 0.4) is 0 Å². The quantitative estimate of drug-likeness (QED) is 0.240. The molecule has 0 bridgehead atoms. The lowest BCUT2D eigenvalue weighted by Gasteiger charge is -2.10. The summed E-state index contributed by atoms with van der Waals surface area (Å²) in [5.41, 5.74) is 0.112. The van der Waals surface area contributed by atoms with Crippen LogP contribution in [-0.4, -0.2) is 21.0 Å². The minimum atomic E-state index is -0.691. The van der Waals surface area contributed by atoms with E-state index in [4.69, 9.17) is 23.8 Å². The van der Waals surface area contributed by atoms with Crippen molar-refractivity contribution in [1.29, 1.82) is 0 Å². The van der Waals surface area contributed by atoms with Crippen molar-refractivity contribution in [3.05, 3.63) is 69.0 Å². The Morgan fingerprint density at radius 1 is 1.31 bits per heavy atom. The van der Waals surface area contributed by atoms with Gasteiger partial charge < -0.3 is 10.4 Å². The molecular weight excluding hydrogens is 385 g/mol. The molecule has 2 rings (SSSR count). The van der Waals surface area contributed by atoms with Crippen molar-refractivity contribution in [3.8, 4) is 5.75 Å². The summed E-state index contributed by atoms with van der Waals surface area (Å²) in [6.07, 6.45) is 2.61. The van der Waals surface area contributed by atoms with E-state index >= 15 is 0 Å². The highest BCUT2D eigenvalue weighted by molar-refractivity contribution is 7.80. The summed E-state index contributed by atoms with van der Waals surface area (Å²) in [4.78, 5) is 21.9. The Morgan fingerprint density at radius 3 is 2.58 bits per heavy atom. The fraction of sp³-hybridized carbons (Fsp3) is 0. The first-order valence-corrected chi connectivity index (χ1v) is 7.77. The number of phenolic OH excluding ortho intramolecular Hbond substituents is 1. The summed E-state index contributed by atoms with van der Waals surface area (Å²) >= 11 is 10.6. The maximum Gasteiger partial charge on any atom is 0.273 e. The Kier molecular flexibility index (Phi) is 6.21. The number of halogens is 2. The molecule has 10 heteroatoms. The molecule has 2 aromatic carbocycles. The summed E-state index contributed by atoms with van der Waals surface area (Å²) in [5.74, 6) is -1.44. The molecule has 0 saturated heterocycles. The van der Waals surface area contributed by atoms with Crippen LogP contribution in [0.15, 0.2) is 42.5 Å². The number of anilines is 1. The number of nitrogens with one attached hydrogen (secondary N) is 2. The average molecular weight is 396 g/mol. The van der Waals surface area contributed by atoms with E-state index in [1.165, 1.54) is 36.4 Å². The molecule has 0 spiro atoms. The number of hydrogen-bond acceptors (Lipinski definition) is 5. The molecule has 0 unspecified atom stereocenters. The van der Waals surface area contributed by atoms with Crippen molar-refractivity contribution in [1.82, 2.24) is 5.32 Å². The number of rotatable bonds is 4. The molecule has 7 nitrogen and oxygen atoms in total. The van der Waals surface area contributed by atoms with Gasteiger partial charge in [0.1, 0.15) is 5.82 Å². The number of nitro groups is 1. The molecule has 0 aliphatic carbocycles. The zero-order valence-electron chi connectivity index (χ0n) is 12.9. The first-order chi connectivity index (χ1) is 12.3. The van der Waals surface area contributed by atoms with Crippen molar-refractivity contribution in [2.45, 2.75) is 0 Å². The number of thiocarbonyl (C=S) groups is 1. The average Bonchev–Trinajstić information content (AvgIpc) is 2.58. The number of carbonyl (C=O) groups excluding carboxylic acids is 1. The van der Waals surface area contributed by atoms with Crippen molar-refractivity contribution in [2.24, 2.45) is 0 Å². The van der Waals surface area contributed by atoms with E-state index in [1.54, 1.807) is 0 Å². The van der Waals surface area contributed by atoms with E-state index in [0.29, 0.717) is 5.56 Å². The monoisotopic (exact) mass is 395 g/mol. The van der Waals surface area contributed by atoms with Gasteiger partial charge >= 0.3 is 0 Å². The number of nitro benzene ring substituents is 1. The zero-order chi connectivity index (χ0) is 19.3. The molecule has 0 atom stereocenters. The summed E-state index contributed by atoms with van der Waals surface area (Å²) in [5, 5.41) is 25.0. The van der Waals surface area contributed by atoms with Gasteiger partial charge in [-0.25, -0.2) is 4.39 Å². The summed E-state index contributed by atoms with van der Waals surface area (Å²) < 4.78 is 12.8. The fourth-order valence-electron chi connectivity index (χ4n) is 1.84. The molecule has 1 amide bonds. The van der Waals surface area contributed by atoms with Crippen molar-refractivity contribution in [3.63, 3.8) is 0 Å². The second kappa shape index (κ2) is 8.37. The first kappa shape index (κ1) is 19.3. The van der Waals surface area contributed by atoms with Crippen molar-refractivity contribution < 1.29 is 19.2 Å². The molecule has 0 radical (unpaired) electrons. The van der Waals surface area contributed by atoms with E-state index in [-0.39, 0.29) is 21.5 Å². The van der Waals surface area contributed by atoms with Crippen LogP contribution >= 0.6 is 23.8 Å². The molecule has 2 aromatic rings. The van der Waals surface area contributed by atoms with Gasteiger partial charge in [-0.2, -0.15) is 0 Å². The topological polar surface area (TPSA) is 104 Å². The summed E-state index contributed by atoms with van der Waals surface area (Å²) in [7, 11) is 0. The molecule has 134 valence electrons. The van der Waals surface area contributed by atoms with Crippen LogP contribution in [0.4, 0.5) is 15.8 Å². The van der Waals surface area contributed by atoms with Gasteiger partial charge in [0, 0.05) is 18.2 Å². The van der Waals surface area contributed by atoms with Crippen LogP contribution < -0.4 is 10.6 Å². The van der Waals surface area contributed by atoms with Gasteiger partial charge in [-0.1, -0.05) is 23.7 Å². The Hall–Kier alpha value is -3.04. The van der Waals surface area contributed by atoms with E-state index in [0.717, 1.165) is 12.1 Å². The second-order valence-corrected chi connectivity index (χ2v) is 5.72. The molecule has 3 N–H and O–H groups in total. The Morgan fingerprint density at radius 2 is 1.96 bits per heavy atom. The van der Waals surface area contributed by atoms with E-state index in [2.05, 4.69) is 10.6 Å². The molecule has 0 heterocycles. The maximum absolute atomic E-state index is 12.8. The number of aromatic hydroxyl groups is 1.